The Balaban J connectivity index is 1.02. The first-order valence-corrected chi connectivity index (χ1v) is 13.2. The Hall–Kier alpha value is -3.45. The number of rotatable bonds is 7. The predicted molar refractivity (Wildman–Crippen MR) is 134 cm³/mol. The van der Waals surface area contributed by atoms with E-state index in [0.29, 0.717) is 54.9 Å². The van der Waals surface area contributed by atoms with Gasteiger partial charge in [-0.1, -0.05) is 5.16 Å². The first-order chi connectivity index (χ1) is 18.7. The lowest BCUT2D eigenvalue weighted by atomic mass is 9.92. The third kappa shape index (κ3) is 5.12. The summed E-state index contributed by atoms with van der Waals surface area (Å²) in [6.07, 6.45) is 6.17. The summed E-state index contributed by atoms with van der Waals surface area (Å²) < 4.78 is 52.9. The van der Waals surface area contributed by atoms with Gasteiger partial charge in [-0.15, -0.1) is 0 Å². The van der Waals surface area contributed by atoms with Crippen molar-refractivity contribution in [2.75, 3.05) is 36.0 Å². The SMILES string of the molecule is C[C@H](Oc1cnc(N2CC(c3cc(F)c(F)cc3F)[C@@H](N)C2)nc1)C1CCN(c2nc(C3(O)CC3)no2)CC1. The normalized spacial score (nSPS) is 23.7. The van der Waals surface area contributed by atoms with Crippen LogP contribution in [0.2, 0.25) is 0 Å². The van der Waals surface area contributed by atoms with Gasteiger partial charge in [-0.2, -0.15) is 4.98 Å². The molecule has 13 heteroatoms. The monoisotopic (exact) mass is 545 g/mol. The molecule has 2 saturated heterocycles. The molecule has 0 radical (unpaired) electrons. The first-order valence-electron chi connectivity index (χ1n) is 13.2. The highest BCUT2D eigenvalue weighted by atomic mass is 19.2. The molecule has 1 saturated carbocycles. The minimum absolute atomic E-state index is 0.0449. The molecule has 1 aromatic carbocycles. The topological polar surface area (TPSA) is 127 Å². The van der Waals surface area contributed by atoms with E-state index in [2.05, 4.69) is 20.1 Å². The number of hydrogen-bond acceptors (Lipinski definition) is 10. The molecular weight excluding hydrogens is 515 g/mol. The maximum absolute atomic E-state index is 14.3. The van der Waals surface area contributed by atoms with Crippen molar-refractivity contribution in [3.05, 3.63) is 53.4 Å². The summed E-state index contributed by atoms with van der Waals surface area (Å²) in [7, 11) is 0. The standard InChI is InChI=1S/C26H30F3N7O3/c1-14(15-2-6-35(7-3-15)25-33-23(34-39-25)26(37)4-5-26)38-16-10-31-24(32-11-16)36-12-18(22(30)13-36)17-8-20(28)21(29)9-19(17)27/h8-11,14-15,18,22,37H,2-7,12-13,30H2,1H3/t14-,18?,22-/m0/s1. The van der Waals surface area contributed by atoms with Crippen molar-refractivity contribution < 1.29 is 27.5 Å². The first kappa shape index (κ1) is 25.8. The van der Waals surface area contributed by atoms with Gasteiger partial charge >= 0.3 is 6.01 Å². The number of ether oxygens (including phenoxy) is 1. The van der Waals surface area contributed by atoms with Crippen molar-refractivity contribution in [1.82, 2.24) is 20.1 Å². The Kier molecular flexibility index (Phi) is 6.58. The Labute approximate surface area is 223 Å². The van der Waals surface area contributed by atoms with E-state index in [1.54, 1.807) is 17.3 Å². The molecule has 6 rings (SSSR count). The zero-order valence-electron chi connectivity index (χ0n) is 21.4. The summed E-state index contributed by atoms with van der Waals surface area (Å²) >= 11 is 0. The maximum Gasteiger partial charge on any atom is 0.324 e. The van der Waals surface area contributed by atoms with Crippen LogP contribution in [0.3, 0.4) is 0 Å². The van der Waals surface area contributed by atoms with Crippen LogP contribution >= 0.6 is 0 Å². The summed E-state index contributed by atoms with van der Waals surface area (Å²) in [5, 5.41) is 14.1. The fraction of sp³-hybridized carbons (Fsp3) is 0.538. The predicted octanol–water partition coefficient (Wildman–Crippen LogP) is 2.87. The van der Waals surface area contributed by atoms with Gasteiger partial charge in [0, 0.05) is 44.2 Å². The maximum atomic E-state index is 14.3. The van der Waals surface area contributed by atoms with Crippen LogP contribution in [0.5, 0.6) is 5.75 Å². The summed E-state index contributed by atoms with van der Waals surface area (Å²) in [6, 6.07) is 1.37. The van der Waals surface area contributed by atoms with E-state index in [4.69, 9.17) is 15.0 Å². The van der Waals surface area contributed by atoms with E-state index >= 15 is 0 Å². The molecule has 39 heavy (non-hydrogen) atoms. The number of aliphatic hydroxyl groups is 1. The van der Waals surface area contributed by atoms with E-state index in [1.165, 1.54) is 0 Å². The van der Waals surface area contributed by atoms with Crippen molar-refractivity contribution in [2.24, 2.45) is 11.7 Å². The lowest BCUT2D eigenvalue weighted by Gasteiger charge is -2.33. The molecule has 1 aliphatic carbocycles. The molecule has 0 amide bonds. The molecule has 3 aliphatic rings. The van der Waals surface area contributed by atoms with Crippen LogP contribution in [0, 0.1) is 23.4 Å². The zero-order valence-corrected chi connectivity index (χ0v) is 21.4. The van der Waals surface area contributed by atoms with E-state index in [-0.39, 0.29) is 18.2 Å². The van der Waals surface area contributed by atoms with Crippen molar-refractivity contribution in [1.29, 1.82) is 0 Å². The molecule has 0 bridgehead atoms. The highest BCUT2D eigenvalue weighted by Gasteiger charge is 2.47. The van der Waals surface area contributed by atoms with Crippen molar-refractivity contribution in [3.63, 3.8) is 0 Å². The van der Waals surface area contributed by atoms with Crippen molar-refractivity contribution in [3.8, 4) is 5.75 Å². The zero-order chi connectivity index (χ0) is 27.3. The minimum Gasteiger partial charge on any atom is -0.487 e. The lowest BCUT2D eigenvalue weighted by molar-refractivity contribution is 0.130. The molecule has 0 spiro atoms. The summed E-state index contributed by atoms with van der Waals surface area (Å²) in [6.45, 7) is 4.12. The summed E-state index contributed by atoms with van der Waals surface area (Å²) in [5.74, 6) is -2.08. The number of hydrogen-bond donors (Lipinski definition) is 2. The van der Waals surface area contributed by atoms with Crippen LogP contribution in [0.25, 0.3) is 0 Å². The summed E-state index contributed by atoms with van der Waals surface area (Å²) in [4.78, 5) is 17.0. The molecule has 3 fully saturated rings. The van der Waals surface area contributed by atoms with Crippen LogP contribution in [-0.2, 0) is 5.60 Å². The lowest BCUT2D eigenvalue weighted by Crippen LogP contribution is -2.39. The number of aromatic nitrogens is 4. The van der Waals surface area contributed by atoms with Gasteiger partial charge in [-0.25, -0.2) is 23.1 Å². The Morgan fingerprint density at radius 1 is 1.05 bits per heavy atom. The number of halogens is 3. The van der Waals surface area contributed by atoms with Gasteiger partial charge in [0.05, 0.1) is 18.5 Å². The largest absolute Gasteiger partial charge is 0.487 e. The molecular formula is C26H30F3N7O3. The van der Waals surface area contributed by atoms with Crippen LogP contribution in [0.15, 0.2) is 29.0 Å². The van der Waals surface area contributed by atoms with E-state index in [9.17, 15) is 18.3 Å². The fourth-order valence-electron chi connectivity index (χ4n) is 5.42. The molecule has 208 valence electrons. The Morgan fingerprint density at radius 3 is 2.44 bits per heavy atom. The van der Waals surface area contributed by atoms with Gasteiger partial charge in [-0.3, -0.25) is 0 Å². The number of anilines is 2. The van der Waals surface area contributed by atoms with E-state index < -0.39 is 35.0 Å². The molecule has 4 heterocycles. The van der Waals surface area contributed by atoms with Crippen LogP contribution < -0.4 is 20.3 Å². The number of nitrogens with two attached hydrogens (primary N) is 1. The summed E-state index contributed by atoms with van der Waals surface area (Å²) in [5.41, 5.74) is 5.34. The quantitative estimate of drug-likeness (QED) is 0.428. The van der Waals surface area contributed by atoms with Crippen LogP contribution in [0.1, 0.15) is 49.9 Å². The Morgan fingerprint density at radius 2 is 1.74 bits per heavy atom. The number of piperidine rings is 1. The molecule has 3 aromatic rings. The molecule has 10 nitrogen and oxygen atoms in total. The average Bonchev–Trinajstić information content (AvgIpc) is 3.31. The number of benzene rings is 1. The second-order valence-corrected chi connectivity index (χ2v) is 10.8. The smallest absolute Gasteiger partial charge is 0.324 e. The minimum atomic E-state index is -1.23. The van der Waals surface area contributed by atoms with Crippen LogP contribution in [-0.4, -0.2) is 63.5 Å². The highest BCUT2D eigenvalue weighted by molar-refractivity contribution is 5.39. The van der Waals surface area contributed by atoms with Gasteiger partial charge < -0.3 is 29.9 Å². The van der Waals surface area contributed by atoms with Gasteiger partial charge in [0.15, 0.2) is 17.4 Å². The van der Waals surface area contributed by atoms with Gasteiger partial charge in [0.2, 0.25) is 11.8 Å². The van der Waals surface area contributed by atoms with E-state index in [1.807, 2.05) is 11.8 Å². The van der Waals surface area contributed by atoms with Gasteiger partial charge in [-0.05, 0) is 50.2 Å². The third-order valence-electron chi connectivity index (χ3n) is 8.05. The average molecular weight is 546 g/mol. The van der Waals surface area contributed by atoms with E-state index in [0.717, 1.165) is 32.0 Å². The molecule has 3 N–H and O–H groups in total. The third-order valence-corrected chi connectivity index (χ3v) is 8.05. The highest BCUT2D eigenvalue weighted by Crippen LogP contribution is 2.44. The second-order valence-electron chi connectivity index (χ2n) is 10.8. The molecule has 3 atom stereocenters. The molecule has 1 unspecified atom stereocenters. The Bertz CT molecular complexity index is 1330. The second kappa shape index (κ2) is 9.94. The van der Waals surface area contributed by atoms with Crippen LogP contribution in [0.4, 0.5) is 25.1 Å². The van der Waals surface area contributed by atoms with Crippen molar-refractivity contribution >= 4 is 12.0 Å². The van der Waals surface area contributed by atoms with Gasteiger partial charge in [0.25, 0.3) is 0 Å². The molecule has 2 aliphatic heterocycles. The van der Waals surface area contributed by atoms with Crippen molar-refractivity contribution in [2.45, 2.75) is 56.3 Å². The van der Waals surface area contributed by atoms with Gasteiger partial charge in [0.1, 0.15) is 11.4 Å². The fourth-order valence-corrected chi connectivity index (χ4v) is 5.42. The molecule has 2 aromatic heterocycles. The number of nitrogens with zero attached hydrogens (tertiary/aromatic N) is 6.